The van der Waals surface area contributed by atoms with Gasteiger partial charge in [-0.3, -0.25) is 18.7 Å². The second-order valence-corrected chi connectivity index (χ2v) is 5.49. The van der Waals surface area contributed by atoms with Gasteiger partial charge in [0.15, 0.2) is 11.2 Å². The summed E-state index contributed by atoms with van der Waals surface area (Å²) >= 11 is 0. The van der Waals surface area contributed by atoms with Gasteiger partial charge in [-0.2, -0.15) is 0 Å². The Kier molecular flexibility index (Phi) is 4.99. The van der Waals surface area contributed by atoms with Crippen molar-refractivity contribution in [3.8, 4) is 0 Å². The van der Waals surface area contributed by atoms with Crippen LogP contribution in [0.4, 0.5) is 0 Å². The van der Waals surface area contributed by atoms with Crippen LogP contribution < -0.4 is 16.6 Å². The van der Waals surface area contributed by atoms with Crippen molar-refractivity contribution in [2.24, 2.45) is 14.1 Å². The molecular weight excluding hydrogens is 302 g/mol. The lowest BCUT2D eigenvalue weighted by Crippen LogP contribution is -2.38. The molecule has 23 heavy (non-hydrogen) atoms. The summed E-state index contributed by atoms with van der Waals surface area (Å²) in [6.07, 6.45) is 1.67. The Morgan fingerprint density at radius 1 is 1.35 bits per heavy atom. The van der Waals surface area contributed by atoms with Crippen molar-refractivity contribution in [3.63, 3.8) is 0 Å². The third-order valence-electron chi connectivity index (χ3n) is 3.62. The topological polar surface area (TPSA) is 100 Å². The standard InChI is InChI=1S/C14H21N5O4/c1-9(7-23-4)16-10(20)5-6-19-8-15-12-11(19)13(21)18(3)14(22)17(12)2/h8-9H,5-7H2,1-4H3,(H,16,20)/t9-/m1/s1. The highest BCUT2D eigenvalue weighted by Gasteiger charge is 2.15. The van der Waals surface area contributed by atoms with E-state index in [9.17, 15) is 14.4 Å². The fraction of sp³-hybridized carbons (Fsp3) is 0.571. The number of hydrogen-bond donors (Lipinski definition) is 1. The number of fused-ring (bicyclic) bond motifs is 1. The minimum absolute atomic E-state index is 0.0827. The number of nitrogens with zero attached hydrogens (tertiary/aromatic N) is 4. The molecule has 2 heterocycles. The quantitative estimate of drug-likeness (QED) is 0.733. The van der Waals surface area contributed by atoms with Gasteiger partial charge in [-0.05, 0) is 6.92 Å². The Morgan fingerprint density at radius 3 is 2.70 bits per heavy atom. The molecule has 0 aromatic carbocycles. The van der Waals surface area contributed by atoms with Gasteiger partial charge in [-0.25, -0.2) is 9.78 Å². The first-order valence-electron chi connectivity index (χ1n) is 7.26. The first kappa shape index (κ1) is 16.9. The first-order chi connectivity index (χ1) is 10.9. The number of methoxy groups -OCH3 is 1. The van der Waals surface area contributed by atoms with E-state index in [0.29, 0.717) is 24.3 Å². The van der Waals surface area contributed by atoms with Gasteiger partial charge in [0.2, 0.25) is 5.91 Å². The highest BCUT2D eigenvalue weighted by molar-refractivity contribution is 5.76. The van der Waals surface area contributed by atoms with Crippen LogP contribution in [0.2, 0.25) is 0 Å². The van der Waals surface area contributed by atoms with E-state index in [1.807, 2.05) is 6.92 Å². The van der Waals surface area contributed by atoms with Crippen molar-refractivity contribution in [1.82, 2.24) is 24.0 Å². The number of carbonyl (C=O) groups excluding carboxylic acids is 1. The van der Waals surface area contributed by atoms with E-state index in [0.717, 1.165) is 4.57 Å². The third-order valence-corrected chi connectivity index (χ3v) is 3.62. The molecule has 1 amide bonds. The zero-order chi connectivity index (χ0) is 17.1. The van der Waals surface area contributed by atoms with E-state index in [2.05, 4.69) is 10.3 Å². The van der Waals surface area contributed by atoms with Gasteiger partial charge >= 0.3 is 5.69 Å². The number of aryl methyl sites for hydroxylation is 2. The number of imidazole rings is 1. The van der Waals surface area contributed by atoms with Crippen molar-refractivity contribution in [2.45, 2.75) is 25.9 Å². The van der Waals surface area contributed by atoms with E-state index < -0.39 is 11.2 Å². The van der Waals surface area contributed by atoms with Gasteiger partial charge < -0.3 is 14.6 Å². The van der Waals surface area contributed by atoms with Gasteiger partial charge in [0.05, 0.1) is 12.9 Å². The zero-order valence-electron chi connectivity index (χ0n) is 13.7. The summed E-state index contributed by atoms with van der Waals surface area (Å²) < 4.78 is 8.90. The fourth-order valence-corrected chi connectivity index (χ4v) is 2.43. The lowest BCUT2D eigenvalue weighted by Gasteiger charge is -2.13. The van der Waals surface area contributed by atoms with Crippen LogP contribution in [0.5, 0.6) is 0 Å². The number of aromatic nitrogens is 4. The van der Waals surface area contributed by atoms with Gasteiger partial charge in [0, 0.05) is 40.2 Å². The summed E-state index contributed by atoms with van der Waals surface area (Å²) in [6, 6.07) is -0.0827. The molecule has 0 bridgehead atoms. The number of carbonyl (C=O) groups is 1. The molecule has 0 aliphatic heterocycles. The highest BCUT2D eigenvalue weighted by atomic mass is 16.5. The van der Waals surface area contributed by atoms with Crippen LogP contribution in [0.25, 0.3) is 11.2 Å². The minimum Gasteiger partial charge on any atom is -0.383 e. The monoisotopic (exact) mass is 323 g/mol. The summed E-state index contributed by atoms with van der Waals surface area (Å²) in [4.78, 5) is 40.1. The lowest BCUT2D eigenvalue weighted by molar-refractivity contribution is -0.122. The maximum Gasteiger partial charge on any atom is 0.332 e. The molecule has 0 aliphatic rings. The minimum atomic E-state index is -0.432. The summed E-state index contributed by atoms with van der Waals surface area (Å²) in [5.74, 6) is -0.141. The average molecular weight is 323 g/mol. The Morgan fingerprint density at radius 2 is 2.04 bits per heavy atom. The lowest BCUT2D eigenvalue weighted by atomic mass is 10.3. The molecule has 0 radical (unpaired) electrons. The van der Waals surface area contributed by atoms with Gasteiger partial charge in [0.1, 0.15) is 0 Å². The van der Waals surface area contributed by atoms with Crippen molar-refractivity contribution in [3.05, 3.63) is 27.2 Å². The van der Waals surface area contributed by atoms with Crippen molar-refractivity contribution in [2.75, 3.05) is 13.7 Å². The normalized spacial score (nSPS) is 12.5. The van der Waals surface area contributed by atoms with E-state index >= 15 is 0 Å². The Labute approximate surface area is 132 Å². The predicted octanol–water partition coefficient (Wildman–Crippen LogP) is -1.03. The average Bonchev–Trinajstić information content (AvgIpc) is 2.93. The van der Waals surface area contributed by atoms with Crippen LogP contribution in [0, 0.1) is 0 Å². The van der Waals surface area contributed by atoms with Crippen molar-refractivity contribution < 1.29 is 9.53 Å². The summed E-state index contributed by atoms with van der Waals surface area (Å²) in [5, 5.41) is 2.80. The number of ether oxygens (including phenoxy) is 1. The van der Waals surface area contributed by atoms with E-state index in [1.54, 1.807) is 18.7 Å². The molecule has 0 fully saturated rings. The molecule has 0 unspecified atom stereocenters. The van der Waals surface area contributed by atoms with Crippen LogP contribution in [0.3, 0.4) is 0 Å². The Bertz CT molecular complexity index is 832. The number of nitrogens with one attached hydrogen (secondary N) is 1. The summed E-state index contributed by atoms with van der Waals surface area (Å²) in [5.41, 5.74) is -0.230. The molecule has 2 aromatic heterocycles. The zero-order valence-corrected chi connectivity index (χ0v) is 13.7. The number of rotatable bonds is 6. The second kappa shape index (κ2) is 6.78. The molecule has 0 saturated carbocycles. The van der Waals surface area contributed by atoms with Crippen LogP contribution in [0.1, 0.15) is 13.3 Å². The number of hydrogen-bond acceptors (Lipinski definition) is 5. The van der Waals surface area contributed by atoms with Gasteiger partial charge in [-0.1, -0.05) is 0 Å². The molecule has 126 valence electrons. The molecule has 0 aliphatic carbocycles. The molecule has 1 N–H and O–H groups in total. The van der Waals surface area contributed by atoms with E-state index in [4.69, 9.17) is 4.74 Å². The first-order valence-corrected chi connectivity index (χ1v) is 7.26. The summed E-state index contributed by atoms with van der Waals surface area (Å²) in [7, 11) is 4.54. The van der Waals surface area contributed by atoms with E-state index in [1.165, 1.54) is 17.9 Å². The van der Waals surface area contributed by atoms with Crippen LogP contribution >= 0.6 is 0 Å². The molecule has 9 nitrogen and oxygen atoms in total. The molecular formula is C14H21N5O4. The smallest absolute Gasteiger partial charge is 0.332 e. The van der Waals surface area contributed by atoms with Crippen LogP contribution in [0.15, 0.2) is 15.9 Å². The Balaban J connectivity index is 2.21. The van der Waals surface area contributed by atoms with E-state index in [-0.39, 0.29) is 18.4 Å². The predicted molar refractivity (Wildman–Crippen MR) is 84.3 cm³/mol. The maximum atomic E-state index is 12.3. The molecule has 0 spiro atoms. The molecule has 0 saturated heterocycles. The third kappa shape index (κ3) is 3.34. The largest absolute Gasteiger partial charge is 0.383 e. The molecule has 9 heteroatoms. The molecule has 2 aromatic rings. The van der Waals surface area contributed by atoms with Crippen LogP contribution in [-0.4, -0.2) is 44.4 Å². The van der Waals surface area contributed by atoms with Crippen molar-refractivity contribution >= 4 is 17.1 Å². The summed E-state index contributed by atoms with van der Waals surface area (Å²) in [6.45, 7) is 2.58. The highest BCUT2D eigenvalue weighted by Crippen LogP contribution is 2.06. The number of amides is 1. The van der Waals surface area contributed by atoms with Crippen molar-refractivity contribution in [1.29, 1.82) is 0 Å². The van der Waals surface area contributed by atoms with Crippen LogP contribution in [-0.2, 0) is 30.2 Å². The van der Waals surface area contributed by atoms with Gasteiger partial charge in [0.25, 0.3) is 5.56 Å². The molecule has 1 atom stereocenters. The fourth-order valence-electron chi connectivity index (χ4n) is 2.43. The Hall–Kier alpha value is -2.42. The second-order valence-electron chi connectivity index (χ2n) is 5.49. The SMILES string of the molecule is COC[C@@H](C)NC(=O)CCn1cnc2c1c(=O)n(C)c(=O)n2C. The van der Waals surface area contributed by atoms with Gasteiger partial charge in [-0.15, -0.1) is 0 Å². The maximum absolute atomic E-state index is 12.3. The molecule has 2 rings (SSSR count).